The zero-order chi connectivity index (χ0) is 14.8. The number of nitriles is 1. The van der Waals surface area contributed by atoms with Crippen molar-refractivity contribution in [2.24, 2.45) is 5.41 Å². The highest BCUT2D eigenvalue weighted by molar-refractivity contribution is 6.05. The number of carbonyl (C=O) groups excluding carboxylic acids is 2. The molecule has 1 N–H and O–H groups in total. The summed E-state index contributed by atoms with van der Waals surface area (Å²) in [6.45, 7) is 1.84. The molecule has 5 nitrogen and oxygen atoms in total. The number of amides is 1. The van der Waals surface area contributed by atoms with Gasteiger partial charge in [0.2, 0.25) is 5.91 Å². The fourth-order valence-electron chi connectivity index (χ4n) is 2.11. The summed E-state index contributed by atoms with van der Waals surface area (Å²) >= 11 is 0. The van der Waals surface area contributed by atoms with Crippen molar-refractivity contribution in [2.75, 3.05) is 7.11 Å². The number of esters is 1. The van der Waals surface area contributed by atoms with Crippen LogP contribution in [0.15, 0.2) is 24.3 Å². The second kappa shape index (κ2) is 5.33. The number of nitrogens with one attached hydrogen (secondary N) is 1. The van der Waals surface area contributed by atoms with Crippen LogP contribution in [0.25, 0.3) is 0 Å². The molecule has 1 aliphatic rings. The fourth-order valence-corrected chi connectivity index (χ4v) is 2.11. The Morgan fingerprint density at radius 3 is 2.40 bits per heavy atom. The van der Waals surface area contributed by atoms with E-state index in [2.05, 4.69) is 10.1 Å². The van der Waals surface area contributed by atoms with Gasteiger partial charge in [-0.3, -0.25) is 9.59 Å². The van der Waals surface area contributed by atoms with Crippen LogP contribution in [0.5, 0.6) is 0 Å². The molecule has 1 amide bonds. The van der Waals surface area contributed by atoms with Crippen molar-refractivity contribution in [1.29, 1.82) is 5.26 Å². The van der Waals surface area contributed by atoms with Crippen molar-refractivity contribution in [3.8, 4) is 6.07 Å². The van der Waals surface area contributed by atoms with E-state index in [-0.39, 0.29) is 11.9 Å². The molecule has 0 aromatic heterocycles. The number of methoxy groups -OCH3 is 1. The number of hydrogen-bond acceptors (Lipinski definition) is 4. The summed E-state index contributed by atoms with van der Waals surface area (Å²) in [4.78, 5) is 23.8. The molecule has 1 unspecified atom stereocenters. The van der Waals surface area contributed by atoms with Crippen molar-refractivity contribution in [2.45, 2.75) is 25.8 Å². The van der Waals surface area contributed by atoms with Crippen LogP contribution in [-0.2, 0) is 14.3 Å². The predicted octanol–water partition coefficient (Wildman–Crippen LogP) is 1.69. The maximum absolute atomic E-state index is 12.2. The van der Waals surface area contributed by atoms with Gasteiger partial charge in [-0.15, -0.1) is 0 Å². The van der Waals surface area contributed by atoms with Crippen LogP contribution in [0, 0.1) is 16.7 Å². The first-order chi connectivity index (χ1) is 9.53. The van der Waals surface area contributed by atoms with Crippen LogP contribution < -0.4 is 5.32 Å². The van der Waals surface area contributed by atoms with Gasteiger partial charge in [0.05, 0.1) is 24.8 Å². The number of ether oxygens (including phenoxy) is 1. The molecule has 0 spiro atoms. The van der Waals surface area contributed by atoms with Crippen molar-refractivity contribution >= 4 is 11.9 Å². The van der Waals surface area contributed by atoms with Crippen molar-refractivity contribution in [1.82, 2.24) is 5.32 Å². The highest BCUT2D eigenvalue weighted by Crippen LogP contribution is 2.47. The standard InChI is InChI=1S/C15H16N2O3/c1-10(12-5-3-11(9-16)4-6-12)17-13(18)15(7-8-15)14(19)20-2/h3-6,10H,7-8H2,1-2H3,(H,17,18). The molecule has 1 aliphatic carbocycles. The Balaban J connectivity index is 2.04. The molecule has 0 saturated heterocycles. The summed E-state index contributed by atoms with van der Waals surface area (Å²) in [5, 5.41) is 11.6. The van der Waals surface area contributed by atoms with Gasteiger partial charge in [-0.2, -0.15) is 5.26 Å². The second-order valence-electron chi connectivity index (χ2n) is 5.00. The van der Waals surface area contributed by atoms with Gasteiger partial charge in [0, 0.05) is 0 Å². The van der Waals surface area contributed by atoms with Gasteiger partial charge in [-0.25, -0.2) is 0 Å². The zero-order valence-corrected chi connectivity index (χ0v) is 11.5. The van der Waals surface area contributed by atoms with E-state index in [4.69, 9.17) is 5.26 Å². The normalized spacial score (nSPS) is 16.6. The average molecular weight is 272 g/mol. The highest BCUT2D eigenvalue weighted by atomic mass is 16.5. The van der Waals surface area contributed by atoms with Crippen molar-refractivity contribution < 1.29 is 14.3 Å². The molecule has 0 radical (unpaired) electrons. The maximum Gasteiger partial charge on any atom is 0.321 e. The van der Waals surface area contributed by atoms with E-state index in [1.165, 1.54) is 7.11 Å². The summed E-state index contributed by atoms with van der Waals surface area (Å²) in [5.41, 5.74) is 0.466. The van der Waals surface area contributed by atoms with Crippen LogP contribution >= 0.6 is 0 Å². The van der Waals surface area contributed by atoms with E-state index in [1.54, 1.807) is 24.3 Å². The lowest BCUT2D eigenvalue weighted by Crippen LogP contribution is -2.38. The molecule has 20 heavy (non-hydrogen) atoms. The maximum atomic E-state index is 12.2. The van der Waals surface area contributed by atoms with Gasteiger partial charge < -0.3 is 10.1 Å². The first kappa shape index (κ1) is 14.1. The molecule has 1 aromatic rings. The quantitative estimate of drug-likeness (QED) is 0.668. The first-order valence-corrected chi connectivity index (χ1v) is 6.43. The lowest BCUT2D eigenvalue weighted by molar-refractivity contribution is -0.152. The number of rotatable bonds is 4. The number of carbonyl (C=O) groups is 2. The molecule has 0 bridgehead atoms. The minimum atomic E-state index is -0.990. The van der Waals surface area contributed by atoms with Crippen molar-refractivity contribution in [3.63, 3.8) is 0 Å². The monoisotopic (exact) mass is 272 g/mol. The van der Waals surface area contributed by atoms with E-state index >= 15 is 0 Å². The van der Waals surface area contributed by atoms with Crippen LogP contribution in [0.1, 0.15) is 36.9 Å². The summed E-state index contributed by atoms with van der Waals surface area (Å²) < 4.78 is 4.68. The van der Waals surface area contributed by atoms with E-state index in [0.717, 1.165) is 5.56 Å². The Kier molecular flexibility index (Phi) is 3.75. The Morgan fingerprint density at radius 2 is 1.95 bits per heavy atom. The van der Waals surface area contributed by atoms with Crippen LogP contribution in [0.2, 0.25) is 0 Å². The first-order valence-electron chi connectivity index (χ1n) is 6.43. The van der Waals surface area contributed by atoms with Gasteiger partial charge in [0.25, 0.3) is 0 Å². The lowest BCUT2D eigenvalue weighted by atomic mass is 10.0. The fraction of sp³-hybridized carbons (Fsp3) is 0.400. The smallest absolute Gasteiger partial charge is 0.321 e. The largest absolute Gasteiger partial charge is 0.468 e. The van der Waals surface area contributed by atoms with Gasteiger partial charge in [-0.05, 0) is 37.5 Å². The molecule has 0 aliphatic heterocycles. The van der Waals surface area contributed by atoms with E-state index < -0.39 is 11.4 Å². The third-order valence-electron chi connectivity index (χ3n) is 3.65. The van der Waals surface area contributed by atoms with E-state index in [1.807, 2.05) is 13.0 Å². The van der Waals surface area contributed by atoms with Crippen LogP contribution in [0.3, 0.4) is 0 Å². The van der Waals surface area contributed by atoms with E-state index in [9.17, 15) is 9.59 Å². The highest BCUT2D eigenvalue weighted by Gasteiger charge is 2.57. The number of benzene rings is 1. The Morgan fingerprint density at radius 1 is 1.35 bits per heavy atom. The van der Waals surface area contributed by atoms with Crippen LogP contribution in [0.4, 0.5) is 0 Å². The summed E-state index contributed by atoms with van der Waals surface area (Å²) in [7, 11) is 1.29. The Labute approximate surface area is 117 Å². The molecular weight excluding hydrogens is 256 g/mol. The average Bonchev–Trinajstić information content (AvgIpc) is 3.28. The summed E-state index contributed by atoms with van der Waals surface area (Å²) in [5.74, 6) is -0.761. The molecular formula is C15H16N2O3. The molecule has 1 atom stereocenters. The van der Waals surface area contributed by atoms with Gasteiger partial charge in [0.15, 0.2) is 0 Å². The van der Waals surface area contributed by atoms with Gasteiger partial charge in [0.1, 0.15) is 5.41 Å². The Hall–Kier alpha value is -2.35. The van der Waals surface area contributed by atoms with Crippen molar-refractivity contribution in [3.05, 3.63) is 35.4 Å². The topological polar surface area (TPSA) is 79.2 Å². The summed E-state index contributed by atoms with van der Waals surface area (Å²) in [6.07, 6.45) is 1.07. The molecule has 1 fully saturated rings. The number of nitrogens with zero attached hydrogens (tertiary/aromatic N) is 1. The predicted molar refractivity (Wildman–Crippen MR) is 71.4 cm³/mol. The molecule has 5 heteroatoms. The SMILES string of the molecule is COC(=O)C1(C(=O)NC(C)c2ccc(C#N)cc2)CC1. The van der Waals surface area contributed by atoms with Gasteiger partial charge >= 0.3 is 5.97 Å². The molecule has 0 heterocycles. The molecule has 2 rings (SSSR count). The third-order valence-corrected chi connectivity index (χ3v) is 3.65. The molecule has 104 valence electrons. The Bertz CT molecular complexity index is 568. The minimum absolute atomic E-state index is 0.225. The number of hydrogen-bond donors (Lipinski definition) is 1. The minimum Gasteiger partial charge on any atom is -0.468 e. The second-order valence-corrected chi connectivity index (χ2v) is 5.00. The molecule has 1 saturated carbocycles. The zero-order valence-electron chi connectivity index (χ0n) is 11.5. The summed E-state index contributed by atoms with van der Waals surface area (Å²) in [6, 6.07) is 8.80. The van der Waals surface area contributed by atoms with E-state index in [0.29, 0.717) is 18.4 Å². The van der Waals surface area contributed by atoms with Gasteiger partial charge in [-0.1, -0.05) is 12.1 Å². The molecule has 1 aromatic carbocycles. The van der Waals surface area contributed by atoms with Crippen LogP contribution in [-0.4, -0.2) is 19.0 Å². The lowest BCUT2D eigenvalue weighted by Gasteiger charge is -2.18. The third kappa shape index (κ3) is 2.50.